The van der Waals surface area contributed by atoms with Crippen molar-refractivity contribution in [2.75, 3.05) is 32.7 Å². The third-order valence-electron chi connectivity index (χ3n) is 4.59. The van der Waals surface area contributed by atoms with Crippen LogP contribution in [0.5, 0.6) is 0 Å². The first-order valence-electron chi connectivity index (χ1n) is 7.52. The van der Waals surface area contributed by atoms with Gasteiger partial charge in [0, 0.05) is 25.7 Å². The van der Waals surface area contributed by atoms with E-state index in [1.165, 1.54) is 45.6 Å². The number of nitrogens with zero attached hydrogens (tertiary/aromatic N) is 2. The number of fused-ring (bicyclic) bond motifs is 1. The van der Waals surface area contributed by atoms with Crippen LogP contribution in [0.25, 0.3) is 0 Å². The highest BCUT2D eigenvalue weighted by Crippen LogP contribution is 2.32. The summed E-state index contributed by atoms with van der Waals surface area (Å²) >= 11 is 0. The average Bonchev–Trinajstić information content (AvgIpc) is 2.27. The second-order valence-electron chi connectivity index (χ2n) is 6.84. The van der Waals surface area contributed by atoms with Crippen molar-refractivity contribution in [1.82, 2.24) is 9.80 Å². The molecule has 0 amide bonds. The van der Waals surface area contributed by atoms with Crippen LogP contribution in [0.3, 0.4) is 0 Å². The zero-order valence-corrected chi connectivity index (χ0v) is 12.2. The SMILES string of the molecule is CC(C)CN1CCC2CCN(C(C)C)CC2C1. The van der Waals surface area contributed by atoms with Crippen LogP contribution in [0.4, 0.5) is 0 Å². The molecule has 100 valence electrons. The molecule has 2 fully saturated rings. The van der Waals surface area contributed by atoms with E-state index in [-0.39, 0.29) is 0 Å². The molecule has 2 rings (SSSR count). The summed E-state index contributed by atoms with van der Waals surface area (Å²) in [4.78, 5) is 5.38. The van der Waals surface area contributed by atoms with Gasteiger partial charge in [0.15, 0.2) is 0 Å². The van der Waals surface area contributed by atoms with Crippen molar-refractivity contribution in [3.05, 3.63) is 0 Å². The summed E-state index contributed by atoms with van der Waals surface area (Å²) < 4.78 is 0. The van der Waals surface area contributed by atoms with Crippen LogP contribution in [0.15, 0.2) is 0 Å². The standard InChI is InChI=1S/C15H30N2/c1-12(2)9-16-7-5-14-6-8-17(13(3)4)11-15(14)10-16/h12-15H,5-11H2,1-4H3. The molecule has 0 N–H and O–H groups in total. The van der Waals surface area contributed by atoms with Gasteiger partial charge in [-0.3, -0.25) is 0 Å². The highest BCUT2D eigenvalue weighted by molar-refractivity contribution is 4.87. The van der Waals surface area contributed by atoms with Gasteiger partial charge in [-0.1, -0.05) is 13.8 Å². The fraction of sp³-hybridized carbons (Fsp3) is 1.00. The van der Waals surface area contributed by atoms with E-state index < -0.39 is 0 Å². The predicted octanol–water partition coefficient (Wildman–Crippen LogP) is 2.69. The molecule has 0 saturated carbocycles. The molecule has 2 heterocycles. The van der Waals surface area contributed by atoms with E-state index in [1.54, 1.807) is 0 Å². The molecule has 2 unspecified atom stereocenters. The Labute approximate surface area is 107 Å². The molecule has 0 aromatic rings. The van der Waals surface area contributed by atoms with Gasteiger partial charge in [-0.15, -0.1) is 0 Å². The number of rotatable bonds is 3. The number of hydrogen-bond acceptors (Lipinski definition) is 2. The van der Waals surface area contributed by atoms with Crippen LogP contribution < -0.4 is 0 Å². The summed E-state index contributed by atoms with van der Waals surface area (Å²) in [7, 11) is 0. The minimum atomic E-state index is 0.733. The van der Waals surface area contributed by atoms with Crippen molar-refractivity contribution in [1.29, 1.82) is 0 Å². The number of hydrogen-bond donors (Lipinski definition) is 0. The molecule has 2 aliphatic heterocycles. The minimum Gasteiger partial charge on any atom is -0.303 e. The Kier molecular flexibility index (Phi) is 4.48. The molecule has 2 aliphatic rings. The van der Waals surface area contributed by atoms with E-state index in [0.29, 0.717) is 0 Å². The van der Waals surface area contributed by atoms with Gasteiger partial charge in [0.25, 0.3) is 0 Å². The van der Waals surface area contributed by atoms with E-state index >= 15 is 0 Å². The zero-order valence-electron chi connectivity index (χ0n) is 12.2. The van der Waals surface area contributed by atoms with E-state index in [1.807, 2.05) is 0 Å². The van der Waals surface area contributed by atoms with Crippen molar-refractivity contribution in [2.45, 2.75) is 46.6 Å². The van der Waals surface area contributed by atoms with Gasteiger partial charge in [0.05, 0.1) is 0 Å². The molecule has 17 heavy (non-hydrogen) atoms. The normalized spacial score (nSPS) is 32.1. The first-order valence-corrected chi connectivity index (χ1v) is 7.52. The van der Waals surface area contributed by atoms with Crippen LogP contribution in [0.2, 0.25) is 0 Å². The second-order valence-corrected chi connectivity index (χ2v) is 6.84. The Hall–Kier alpha value is -0.0800. The first-order chi connectivity index (χ1) is 8.06. The molecule has 0 radical (unpaired) electrons. The van der Waals surface area contributed by atoms with Gasteiger partial charge in [0.2, 0.25) is 0 Å². The Balaban J connectivity index is 1.88. The van der Waals surface area contributed by atoms with Gasteiger partial charge in [-0.25, -0.2) is 0 Å². The smallest absolute Gasteiger partial charge is 0.00387 e. The van der Waals surface area contributed by atoms with Crippen molar-refractivity contribution < 1.29 is 0 Å². The van der Waals surface area contributed by atoms with Gasteiger partial charge in [-0.2, -0.15) is 0 Å². The molecule has 2 nitrogen and oxygen atoms in total. The Morgan fingerprint density at radius 3 is 2.29 bits per heavy atom. The van der Waals surface area contributed by atoms with E-state index in [2.05, 4.69) is 37.5 Å². The summed E-state index contributed by atoms with van der Waals surface area (Å²) in [6.07, 6.45) is 2.89. The molecule has 2 heteroatoms. The maximum absolute atomic E-state index is 2.70. The van der Waals surface area contributed by atoms with Crippen LogP contribution in [0.1, 0.15) is 40.5 Å². The lowest BCUT2D eigenvalue weighted by Crippen LogP contribution is -2.51. The largest absolute Gasteiger partial charge is 0.303 e. The van der Waals surface area contributed by atoms with Crippen LogP contribution in [-0.2, 0) is 0 Å². The lowest BCUT2D eigenvalue weighted by Gasteiger charge is -2.46. The van der Waals surface area contributed by atoms with Crippen molar-refractivity contribution >= 4 is 0 Å². The van der Waals surface area contributed by atoms with Crippen LogP contribution in [-0.4, -0.2) is 48.6 Å². The number of piperidine rings is 2. The van der Waals surface area contributed by atoms with Gasteiger partial charge < -0.3 is 9.80 Å². The topological polar surface area (TPSA) is 6.48 Å². The lowest BCUT2D eigenvalue weighted by molar-refractivity contribution is 0.0257. The quantitative estimate of drug-likeness (QED) is 0.746. The highest BCUT2D eigenvalue weighted by atomic mass is 15.2. The maximum atomic E-state index is 2.70. The molecule has 2 atom stereocenters. The van der Waals surface area contributed by atoms with Gasteiger partial charge >= 0.3 is 0 Å². The van der Waals surface area contributed by atoms with Gasteiger partial charge in [-0.05, 0) is 57.5 Å². The minimum absolute atomic E-state index is 0.733. The zero-order chi connectivity index (χ0) is 12.4. The maximum Gasteiger partial charge on any atom is 0.00387 e. The molecule has 0 aromatic heterocycles. The summed E-state index contributed by atoms with van der Waals surface area (Å²) in [5.41, 5.74) is 0. The van der Waals surface area contributed by atoms with Crippen molar-refractivity contribution in [2.24, 2.45) is 17.8 Å². The fourth-order valence-electron chi connectivity index (χ4n) is 3.62. The van der Waals surface area contributed by atoms with E-state index in [4.69, 9.17) is 0 Å². The Bertz CT molecular complexity index is 237. The number of likely N-dealkylation sites (tertiary alicyclic amines) is 2. The summed E-state index contributed by atoms with van der Waals surface area (Å²) in [6.45, 7) is 16.0. The Morgan fingerprint density at radius 2 is 1.65 bits per heavy atom. The van der Waals surface area contributed by atoms with Gasteiger partial charge in [0.1, 0.15) is 0 Å². The van der Waals surface area contributed by atoms with Crippen molar-refractivity contribution in [3.8, 4) is 0 Å². The molecular formula is C15H30N2. The van der Waals surface area contributed by atoms with E-state index in [9.17, 15) is 0 Å². The van der Waals surface area contributed by atoms with Crippen LogP contribution in [0, 0.1) is 17.8 Å². The predicted molar refractivity (Wildman–Crippen MR) is 74.2 cm³/mol. The van der Waals surface area contributed by atoms with E-state index in [0.717, 1.165) is 23.8 Å². The monoisotopic (exact) mass is 238 g/mol. The lowest BCUT2D eigenvalue weighted by atomic mass is 9.79. The molecule has 2 saturated heterocycles. The first kappa shape index (κ1) is 13.4. The summed E-state index contributed by atoms with van der Waals surface area (Å²) in [6, 6.07) is 0.733. The summed E-state index contributed by atoms with van der Waals surface area (Å²) in [5.74, 6) is 2.78. The second kappa shape index (κ2) is 5.71. The average molecular weight is 238 g/mol. The summed E-state index contributed by atoms with van der Waals surface area (Å²) in [5, 5.41) is 0. The highest BCUT2D eigenvalue weighted by Gasteiger charge is 2.34. The molecule has 0 bridgehead atoms. The molecule has 0 aliphatic carbocycles. The molecule has 0 spiro atoms. The Morgan fingerprint density at radius 1 is 0.941 bits per heavy atom. The van der Waals surface area contributed by atoms with Crippen molar-refractivity contribution in [3.63, 3.8) is 0 Å². The third kappa shape index (κ3) is 3.45. The molecular weight excluding hydrogens is 208 g/mol. The fourth-order valence-corrected chi connectivity index (χ4v) is 3.62. The van der Waals surface area contributed by atoms with Crippen LogP contribution >= 0.6 is 0 Å². The third-order valence-corrected chi connectivity index (χ3v) is 4.59. The molecule has 0 aromatic carbocycles.